The third kappa shape index (κ3) is 1.81. The quantitative estimate of drug-likeness (QED) is 0.834. The molecule has 0 spiro atoms. The van der Waals surface area contributed by atoms with Gasteiger partial charge in [-0.1, -0.05) is 6.07 Å². The molecule has 1 saturated heterocycles. The van der Waals surface area contributed by atoms with Crippen LogP contribution in [0.5, 0.6) is 5.75 Å². The van der Waals surface area contributed by atoms with E-state index in [-0.39, 0.29) is 18.1 Å². The van der Waals surface area contributed by atoms with Crippen molar-refractivity contribution in [3.05, 3.63) is 28.8 Å². The third-order valence-corrected chi connectivity index (χ3v) is 4.12. The molecule has 0 amide bonds. The first-order valence-electron chi connectivity index (χ1n) is 6.15. The second-order valence-electron chi connectivity index (χ2n) is 5.00. The maximum absolute atomic E-state index is 9.35. The van der Waals surface area contributed by atoms with E-state index in [4.69, 9.17) is 15.2 Å². The van der Waals surface area contributed by atoms with E-state index in [0.717, 1.165) is 16.9 Å². The van der Waals surface area contributed by atoms with Crippen molar-refractivity contribution in [2.45, 2.75) is 25.3 Å². The zero-order valence-electron chi connectivity index (χ0n) is 11.2. The van der Waals surface area contributed by atoms with Gasteiger partial charge in [0.25, 0.3) is 0 Å². The van der Waals surface area contributed by atoms with Crippen molar-refractivity contribution in [2.75, 3.05) is 26.9 Å². The zero-order valence-corrected chi connectivity index (χ0v) is 11.2. The van der Waals surface area contributed by atoms with Crippen LogP contribution in [-0.2, 0) is 10.2 Å². The number of nitrogens with two attached hydrogens (primary N) is 1. The van der Waals surface area contributed by atoms with Gasteiger partial charge in [0, 0.05) is 6.04 Å². The van der Waals surface area contributed by atoms with Gasteiger partial charge in [0.05, 0.1) is 32.3 Å². The third-order valence-electron chi connectivity index (χ3n) is 4.12. The van der Waals surface area contributed by atoms with E-state index in [0.29, 0.717) is 13.2 Å². The van der Waals surface area contributed by atoms with Gasteiger partial charge in [0.15, 0.2) is 0 Å². The fourth-order valence-electron chi connectivity index (χ4n) is 2.62. The molecule has 1 unspecified atom stereocenters. The molecule has 1 fully saturated rings. The molecule has 1 heterocycles. The number of aliphatic hydroxyl groups excluding tert-OH is 1. The molecule has 0 saturated carbocycles. The first kappa shape index (κ1) is 13.3. The number of aliphatic hydroxyl groups is 1. The van der Waals surface area contributed by atoms with Crippen LogP contribution in [0, 0.1) is 13.8 Å². The number of hydrogen-bond acceptors (Lipinski definition) is 4. The van der Waals surface area contributed by atoms with Crippen molar-refractivity contribution in [3.8, 4) is 5.75 Å². The zero-order chi connectivity index (χ0) is 13.3. The van der Waals surface area contributed by atoms with Crippen LogP contribution in [0.4, 0.5) is 0 Å². The van der Waals surface area contributed by atoms with Crippen LogP contribution < -0.4 is 10.5 Å². The van der Waals surface area contributed by atoms with Crippen molar-refractivity contribution < 1.29 is 14.6 Å². The predicted octanol–water partition coefficient (Wildman–Crippen LogP) is 0.900. The lowest BCUT2D eigenvalue weighted by molar-refractivity contribution is -0.0801. The van der Waals surface area contributed by atoms with Crippen molar-refractivity contribution in [1.29, 1.82) is 0 Å². The first-order valence-corrected chi connectivity index (χ1v) is 6.15. The summed E-state index contributed by atoms with van der Waals surface area (Å²) in [6.07, 6.45) is 0. The summed E-state index contributed by atoms with van der Waals surface area (Å²) in [4.78, 5) is 0. The first-order chi connectivity index (χ1) is 8.56. The van der Waals surface area contributed by atoms with E-state index >= 15 is 0 Å². The lowest BCUT2D eigenvalue weighted by Crippen LogP contribution is -2.60. The summed E-state index contributed by atoms with van der Waals surface area (Å²) in [5.41, 5.74) is 9.27. The predicted molar refractivity (Wildman–Crippen MR) is 70.0 cm³/mol. The molecule has 1 aromatic rings. The molecule has 0 aliphatic carbocycles. The monoisotopic (exact) mass is 251 g/mol. The van der Waals surface area contributed by atoms with Gasteiger partial charge >= 0.3 is 0 Å². The highest BCUT2D eigenvalue weighted by molar-refractivity contribution is 5.48. The Kier molecular flexibility index (Phi) is 3.61. The second kappa shape index (κ2) is 4.88. The fraction of sp³-hybridized carbons (Fsp3) is 0.571. The number of hydrogen-bond donors (Lipinski definition) is 2. The summed E-state index contributed by atoms with van der Waals surface area (Å²) in [6, 6.07) is 3.71. The number of rotatable bonds is 4. The van der Waals surface area contributed by atoms with Crippen LogP contribution in [0.3, 0.4) is 0 Å². The van der Waals surface area contributed by atoms with E-state index < -0.39 is 0 Å². The summed E-state index contributed by atoms with van der Waals surface area (Å²) in [5.74, 6) is 0.879. The van der Waals surface area contributed by atoms with Crippen molar-refractivity contribution >= 4 is 0 Å². The van der Waals surface area contributed by atoms with Crippen LogP contribution >= 0.6 is 0 Å². The van der Waals surface area contributed by atoms with E-state index in [1.165, 1.54) is 5.56 Å². The van der Waals surface area contributed by atoms with Crippen LogP contribution in [0.15, 0.2) is 12.1 Å². The molecule has 100 valence electrons. The van der Waals surface area contributed by atoms with Crippen LogP contribution in [-0.4, -0.2) is 38.1 Å². The SMILES string of the molecule is COc1ccc(C2(C(N)CO)COC2)c(C)c1C. The molecule has 1 aromatic carbocycles. The van der Waals surface area contributed by atoms with E-state index in [1.807, 2.05) is 19.1 Å². The molecule has 0 radical (unpaired) electrons. The highest BCUT2D eigenvalue weighted by Gasteiger charge is 2.46. The Labute approximate surface area is 108 Å². The maximum Gasteiger partial charge on any atom is 0.122 e. The molecule has 4 heteroatoms. The standard InChI is InChI=1S/C14H21NO3/c1-9-10(2)12(17-3)5-4-11(9)14(7-18-8-14)13(15)6-16/h4-5,13,16H,6-8,15H2,1-3H3. The normalized spacial score (nSPS) is 19.2. The lowest BCUT2D eigenvalue weighted by Gasteiger charge is -2.46. The molecule has 0 bridgehead atoms. The number of benzene rings is 1. The Morgan fingerprint density at radius 3 is 2.50 bits per heavy atom. The van der Waals surface area contributed by atoms with Crippen molar-refractivity contribution in [3.63, 3.8) is 0 Å². The van der Waals surface area contributed by atoms with E-state index in [9.17, 15) is 5.11 Å². The van der Waals surface area contributed by atoms with Crippen LogP contribution in [0.1, 0.15) is 16.7 Å². The summed E-state index contributed by atoms with van der Waals surface area (Å²) >= 11 is 0. The topological polar surface area (TPSA) is 64.7 Å². The molecule has 1 aliphatic rings. The minimum atomic E-state index is -0.294. The Balaban J connectivity index is 2.47. The van der Waals surface area contributed by atoms with Gasteiger partial charge in [0.1, 0.15) is 5.75 Å². The fourth-order valence-corrected chi connectivity index (χ4v) is 2.62. The smallest absolute Gasteiger partial charge is 0.122 e. The van der Waals surface area contributed by atoms with Gasteiger partial charge in [-0.2, -0.15) is 0 Å². The Bertz CT molecular complexity index is 441. The van der Waals surface area contributed by atoms with Crippen molar-refractivity contribution in [1.82, 2.24) is 0 Å². The van der Waals surface area contributed by atoms with E-state index in [1.54, 1.807) is 7.11 Å². The molecule has 1 atom stereocenters. The Morgan fingerprint density at radius 1 is 1.39 bits per heavy atom. The minimum Gasteiger partial charge on any atom is -0.496 e. The molecule has 2 rings (SSSR count). The Morgan fingerprint density at radius 2 is 2.06 bits per heavy atom. The van der Waals surface area contributed by atoms with Gasteiger partial charge in [0.2, 0.25) is 0 Å². The van der Waals surface area contributed by atoms with Gasteiger partial charge < -0.3 is 20.3 Å². The maximum atomic E-state index is 9.35. The molecule has 3 N–H and O–H groups in total. The summed E-state index contributed by atoms with van der Waals surface area (Å²) in [7, 11) is 1.67. The number of ether oxygens (including phenoxy) is 2. The molecule has 1 aliphatic heterocycles. The molecular formula is C14H21NO3. The van der Waals surface area contributed by atoms with Crippen molar-refractivity contribution in [2.24, 2.45) is 5.73 Å². The van der Waals surface area contributed by atoms with Gasteiger partial charge in [-0.15, -0.1) is 0 Å². The summed E-state index contributed by atoms with van der Waals surface area (Å²) in [6.45, 7) is 5.21. The number of methoxy groups -OCH3 is 1. The molecule has 0 aromatic heterocycles. The molecular weight excluding hydrogens is 230 g/mol. The average Bonchev–Trinajstić information content (AvgIpc) is 2.33. The average molecular weight is 251 g/mol. The van der Waals surface area contributed by atoms with Gasteiger partial charge in [-0.3, -0.25) is 0 Å². The van der Waals surface area contributed by atoms with Crippen LogP contribution in [0.25, 0.3) is 0 Å². The summed E-state index contributed by atoms with van der Waals surface area (Å²) < 4.78 is 10.7. The minimum absolute atomic E-state index is 0.0339. The molecule has 4 nitrogen and oxygen atoms in total. The van der Waals surface area contributed by atoms with Crippen LogP contribution in [0.2, 0.25) is 0 Å². The second-order valence-corrected chi connectivity index (χ2v) is 5.00. The molecule has 18 heavy (non-hydrogen) atoms. The highest BCUT2D eigenvalue weighted by atomic mass is 16.5. The largest absolute Gasteiger partial charge is 0.496 e. The lowest BCUT2D eigenvalue weighted by atomic mass is 9.71. The Hall–Kier alpha value is -1.10. The van der Waals surface area contributed by atoms with Gasteiger partial charge in [-0.05, 0) is 36.6 Å². The van der Waals surface area contributed by atoms with E-state index in [2.05, 4.69) is 6.92 Å². The van der Waals surface area contributed by atoms with Gasteiger partial charge in [-0.25, -0.2) is 0 Å². The highest BCUT2D eigenvalue weighted by Crippen LogP contribution is 2.39. The summed E-state index contributed by atoms with van der Waals surface area (Å²) in [5, 5.41) is 9.35.